The van der Waals surface area contributed by atoms with Gasteiger partial charge >= 0.3 is 12.1 Å². The fourth-order valence-electron chi connectivity index (χ4n) is 3.37. The molecular weight excluding hydrogens is 433 g/mol. The molecule has 1 saturated heterocycles. The highest BCUT2D eigenvalue weighted by molar-refractivity contribution is 6.20. The highest BCUT2D eigenvalue weighted by Gasteiger charge is 2.48. The van der Waals surface area contributed by atoms with Crippen LogP contribution in [0.3, 0.4) is 0 Å². The van der Waals surface area contributed by atoms with Gasteiger partial charge in [0.05, 0.1) is 6.61 Å². The molecule has 0 saturated carbocycles. The van der Waals surface area contributed by atoms with E-state index < -0.39 is 54.2 Å². The van der Waals surface area contributed by atoms with Crippen molar-refractivity contribution < 1.29 is 42.2 Å². The van der Waals surface area contributed by atoms with E-state index in [0.717, 1.165) is 0 Å². The van der Waals surface area contributed by atoms with Gasteiger partial charge in [-0.3, -0.25) is 19.2 Å². The average Bonchev–Trinajstić information content (AvgIpc) is 2.66. The lowest BCUT2D eigenvalue weighted by Crippen LogP contribution is -2.60. The second kappa shape index (κ2) is 10.0. The molecule has 11 heteroatoms. The lowest BCUT2D eigenvalue weighted by atomic mass is 9.82. The molecule has 32 heavy (non-hydrogen) atoms. The zero-order chi connectivity index (χ0) is 24.1. The number of hydrogen-bond donors (Lipinski definition) is 2. The molecule has 1 aliphatic rings. The van der Waals surface area contributed by atoms with Crippen molar-refractivity contribution in [3.63, 3.8) is 0 Å². The molecule has 2 rings (SSSR count). The second-order valence-electron chi connectivity index (χ2n) is 8.14. The van der Waals surface area contributed by atoms with Crippen LogP contribution in [-0.2, 0) is 25.7 Å². The average molecular weight is 458 g/mol. The summed E-state index contributed by atoms with van der Waals surface area (Å²) in [6.45, 7) is 2.66. The van der Waals surface area contributed by atoms with Crippen LogP contribution < -0.4 is 10.1 Å². The largest absolute Gasteiger partial charge is 0.494 e. The van der Waals surface area contributed by atoms with E-state index in [2.05, 4.69) is 5.32 Å². The number of Topliss-reactive ketones (excluding diaryl/α,β-unsaturated/α-hetero) is 1. The number of carboxylic acid groups (broad SMARTS) is 1. The van der Waals surface area contributed by atoms with E-state index >= 15 is 0 Å². The van der Waals surface area contributed by atoms with E-state index in [-0.39, 0.29) is 26.0 Å². The summed E-state index contributed by atoms with van der Waals surface area (Å²) in [6.07, 6.45) is -5.41. The van der Waals surface area contributed by atoms with Crippen molar-refractivity contribution in [1.82, 2.24) is 10.2 Å². The van der Waals surface area contributed by atoms with E-state index in [0.29, 0.717) is 11.3 Å². The van der Waals surface area contributed by atoms with Gasteiger partial charge in [-0.15, -0.1) is 0 Å². The monoisotopic (exact) mass is 458 g/mol. The number of benzene rings is 1. The Morgan fingerprint density at radius 2 is 1.84 bits per heavy atom. The van der Waals surface area contributed by atoms with Gasteiger partial charge in [-0.1, -0.05) is 12.1 Å². The fourth-order valence-corrected chi connectivity index (χ4v) is 3.37. The molecular formula is C21H25F3N2O6. The molecule has 176 valence electrons. The van der Waals surface area contributed by atoms with Crippen molar-refractivity contribution >= 4 is 23.6 Å². The molecule has 0 spiro atoms. The maximum Gasteiger partial charge on any atom is 0.389 e. The standard InChI is InChI=1S/C21H25F3N2O6/c1-20(2)10-15(27)17(18(30)25-11-16(28)29)19(31)26(20)12-13-4-6-14(7-5-13)32-9-3-8-21(22,23)24/h4-7,17H,3,8-12H2,1-2H3,(H,25,30)(H,28,29). The number of ether oxygens (including phenoxy) is 1. The molecule has 0 aliphatic carbocycles. The molecule has 0 aromatic heterocycles. The number of likely N-dealkylation sites (tertiary alicyclic amines) is 1. The predicted molar refractivity (Wildman–Crippen MR) is 106 cm³/mol. The first-order valence-corrected chi connectivity index (χ1v) is 9.92. The van der Waals surface area contributed by atoms with Crippen molar-refractivity contribution in [2.24, 2.45) is 5.92 Å². The first-order chi connectivity index (χ1) is 14.8. The fraction of sp³-hybridized carbons (Fsp3) is 0.524. The lowest BCUT2D eigenvalue weighted by molar-refractivity contribution is -0.158. The Kier molecular flexibility index (Phi) is 7.87. The van der Waals surface area contributed by atoms with Gasteiger partial charge in [-0.25, -0.2) is 0 Å². The van der Waals surface area contributed by atoms with E-state index in [9.17, 15) is 32.3 Å². The van der Waals surface area contributed by atoms with Crippen LogP contribution in [0.15, 0.2) is 24.3 Å². The molecule has 1 heterocycles. The molecule has 2 amide bonds. The summed E-state index contributed by atoms with van der Waals surface area (Å²) >= 11 is 0. The molecule has 2 N–H and O–H groups in total. The highest BCUT2D eigenvalue weighted by atomic mass is 19.4. The smallest absolute Gasteiger partial charge is 0.389 e. The van der Waals surface area contributed by atoms with Crippen LogP contribution in [0.4, 0.5) is 13.2 Å². The quantitative estimate of drug-likeness (QED) is 0.434. The number of carboxylic acids is 1. The molecule has 8 nitrogen and oxygen atoms in total. The first kappa shape index (κ1) is 25.2. The number of hydrogen-bond acceptors (Lipinski definition) is 5. The SMILES string of the molecule is CC1(C)CC(=O)C(C(=O)NCC(=O)O)C(=O)N1Cc1ccc(OCCCC(F)(F)F)cc1. The van der Waals surface area contributed by atoms with Crippen molar-refractivity contribution in [2.75, 3.05) is 13.2 Å². The minimum absolute atomic E-state index is 0.0791. The second-order valence-corrected chi connectivity index (χ2v) is 8.14. The predicted octanol–water partition coefficient (Wildman–Crippen LogP) is 2.30. The maximum absolute atomic E-state index is 12.9. The number of nitrogens with zero attached hydrogens (tertiary/aromatic N) is 1. The van der Waals surface area contributed by atoms with Gasteiger partial charge in [0, 0.05) is 24.9 Å². The Morgan fingerprint density at radius 1 is 1.22 bits per heavy atom. The summed E-state index contributed by atoms with van der Waals surface area (Å²) in [7, 11) is 0. The normalized spacial score (nSPS) is 18.4. The Hall–Kier alpha value is -3.11. The van der Waals surface area contributed by atoms with Gasteiger partial charge in [-0.2, -0.15) is 13.2 Å². The molecule has 0 radical (unpaired) electrons. The van der Waals surface area contributed by atoms with Crippen LogP contribution >= 0.6 is 0 Å². The molecule has 1 aromatic carbocycles. The Balaban J connectivity index is 2.04. The van der Waals surface area contributed by atoms with Crippen molar-refractivity contribution in [3.8, 4) is 5.75 Å². The summed E-state index contributed by atoms with van der Waals surface area (Å²) in [5.41, 5.74) is -0.210. The number of alkyl halides is 3. The number of aliphatic carboxylic acids is 1. The number of amides is 2. The summed E-state index contributed by atoms with van der Waals surface area (Å²) < 4.78 is 41.8. The van der Waals surface area contributed by atoms with Crippen LogP contribution in [0.1, 0.15) is 38.7 Å². The zero-order valence-corrected chi connectivity index (χ0v) is 17.7. The third kappa shape index (κ3) is 6.96. The van der Waals surface area contributed by atoms with Crippen molar-refractivity contribution in [2.45, 2.75) is 51.4 Å². The van der Waals surface area contributed by atoms with Crippen molar-refractivity contribution in [3.05, 3.63) is 29.8 Å². The van der Waals surface area contributed by atoms with E-state index in [1.807, 2.05) is 0 Å². The van der Waals surface area contributed by atoms with Crippen LogP contribution in [0, 0.1) is 5.92 Å². The van der Waals surface area contributed by atoms with Gasteiger partial charge in [0.1, 0.15) is 12.3 Å². The van der Waals surface area contributed by atoms with Gasteiger partial charge in [0.25, 0.3) is 0 Å². The Labute approximate surface area is 182 Å². The van der Waals surface area contributed by atoms with Crippen molar-refractivity contribution in [1.29, 1.82) is 0 Å². The van der Waals surface area contributed by atoms with Gasteiger partial charge in [0.2, 0.25) is 11.8 Å². The molecule has 1 atom stereocenters. The van der Waals surface area contributed by atoms with Gasteiger partial charge in [-0.05, 0) is 38.0 Å². The van der Waals surface area contributed by atoms with Crippen LogP contribution in [0.5, 0.6) is 5.75 Å². The molecule has 1 unspecified atom stereocenters. The van der Waals surface area contributed by atoms with E-state index in [1.54, 1.807) is 38.1 Å². The van der Waals surface area contributed by atoms with Crippen LogP contribution in [0.25, 0.3) is 0 Å². The molecule has 0 bridgehead atoms. The number of carbonyl (C=O) groups is 4. The number of rotatable bonds is 9. The summed E-state index contributed by atoms with van der Waals surface area (Å²) in [5.74, 6) is -4.79. The number of ketones is 1. The third-order valence-electron chi connectivity index (χ3n) is 4.99. The summed E-state index contributed by atoms with van der Waals surface area (Å²) in [6, 6.07) is 6.40. The van der Waals surface area contributed by atoms with E-state index in [1.165, 1.54) is 4.90 Å². The first-order valence-electron chi connectivity index (χ1n) is 9.92. The topological polar surface area (TPSA) is 113 Å². The number of halogens is 3. The minimum atomic E-state index is -4.23. The zero-order valence-electron chi connectivity index (χ0n) is 17.7. The lowest BCUT2D eigenvalue weighted by Gasteiger charge is -2.44. The van der Waals surface area contributed by atoms with E-state index in [4.69, 9.17) is 9.84 Å². The number of piperidine rings is 1. The molecule has 1 fully saturated rings. The third-order valence-corrected chi connectivity index (χ3v) is 4.99. The number of nitrogens with one attached hydrogen (secondary N) is 1. The van der Waals surface area contributed by atoms with Gasteiger partial charge < -0.3 is 20.1 Å². The Morgan fingerprint density at radius 3 is 2.41 bits per heavy atom. The van der Waals surface area contributed by atoms with Gasteiger partial charge in [0.15, 0.2) is 11.7 Å². The maximum atomic E-state index is 12.9. The minimum Gasteiger partial charge on any atom is -0.494 e. The summed E-state index contributed by atoms with van der Waals surface area (Å²) in [4.78, 5) is 49.6. The summed E-state index contributed by atoms with van der Waals surface area (Å²) in [5, 5.41) is 10.8. The van der Waals surface area contributed by atoms with Crippen LogP contribution in [-0.4, -0.2) is 58.4 Å². The highest BCUT2D eigenvalue weighted by Crippen LogP contribution is 2.31. The molecule has 1 aromatic rings. The Bertz CT molecular complexity index is 867. The van der Waals surface area contributed by atoms with Crippen LogP contribution in [0.2, 0.25) is 0 Å². The number of carbonyl (C=O) groups excluding carboxylic acids is 3. The molecule has 1 aliphatic heterocycles.